The molecule has 0 heterocycles. The molecule has 0 fully saturated rings. The van der Waals surface area contributed by atoms with Crippen molar-refractivity contribution < 1.29 is 24.5 Å². The van der Waals surface area contributed by atoms with Gasteiger partial charge in [0.2, 0.25) is 5.91 Å². The van der Waals surface area contributed by atoms with Crippen molar-refractivity contribution in [3.63, 3.8) is 0 Å². The number of amides is 1. The highest BCUT2D eigenvalue weighted by Gasteiger charge is 2.18. The van der Waals surface area contributed by atoms with E-state index in [2.05, 4.69) is 55.6 Å². The third kappa shape index (κ3) is 80.7. The maximum absolute atomic E-state index is 12.6. The number of hydrogen-bond acceptors (Lipinski definition) is 5. The number of aliphatic hydroxyl groups is 2. The molecule has 0 spiro atoms. The van der Waals surface area contributed by atoms with E-state index in [0.717, 1.165) is 51.4 Å². The fourth-order valence-corrected chi connectivity index (χ4v) is 13.7. The summed E-state index contributed by atoms with van der Waals surface area (Å²) in [6.07, 6.45) is 113. The number of unbranched alkanes of at least 4 members (excludes halogenated alkanes) is 65. The Balaban J connectivity index is 3.38. The Morgan fingerprint density at radius 1 is 0.295 bits per heavy atom. The number of esters is 1. The largest absolute Gasteiger partial charge is 0.466 e. The highest BCUT2D eigenvalue weighted by molar-refractivity contribution is 5.76. The molecule has 2 atom stereocenters. The molecule has 0 saturated heterocycles. The molecular formula is C89H169NO5. The first-order valence-corrected chi connectivity index (χ1v) is 43.4. The van der Waals surface area contributed by atoms with Crippen LogP contribution in [0.25, 0.3) is 0 Å². The molecule has 6 nitrogen and oxygen atoms in total. The number of carbonyl (C=O) groups excluding carboxylic acids is 2. The van der Waals surface area contributed by atoms with E-state index in [1.54, 1.807) is 6.08 Å². The number of carbonyl (C=O) groups is 2. The quantitative estimate of drug-likeness (QED) is 0.0320. The van der Waals surface area contributed by atoms with Gasteiger partial charge in [-0.05, 0) is 89.9 Å². The van der Waals surface area contributed by atoms with E-state index in [1.165, 1.54) is 405 Å². The average molecular weight is 1330 g/mol. The maximum atomic E-state index is 12.6. The lowest BCUT2D eigenvalue weighted by Crippen LogP contribution is -2.45. The molecule has 0 aromatic carbocycles. The van der Waals surface area contributed by atoms with Crippen molar-refractivity contribution >= 4 is 11.9 Å². The lowest BCUT2D eigenvalue weighted by Gasteiger charge is -2.20. The Kier molecular flexibility index (Phi) is 82.3. The van der Waals surface area contributed by atoms with Crippen molar-refractivity contribution in [1.29, 1.82) is 0 Å². The van der Waals surface area contributed by atoms with Gasteiger partial charge < -0.3 is 20.3 Å². The second-order valence-corrected chi connectivity index (χ2v) is 29.9. The van der Waals surface area contributed by atoms with Gasteiger partial charge >= 0.3 is 5.97 Å². The van der Waals surface area contributed by atoms with E-state index in [0.29, 0.717) is 19.4 Å². The minimum absolute atomic E-state index is 0.0160. The van der Waals surface area contributed by atoms with Crippen LogP contribution in [0.3, 0.4) is 0 Å². The van der Waals surface area contributed by atoms with Crippen LogP contribution in [0.2, 0.25) is 0 Å². The van der Waals surface area contributed by atoms with Gasteiger partial charge in [-0.3, -0.25) is 9.59 Å². The van der Waals surface area contributed by atoms with Crippen LogP contribution in [0.15, 0.2) is 48.6 Å². The van der Waals surface area contributed by atoms with Gasteiger partial charge in [-0.1, -0.05) is 428 Å². The SMILES string of the molecule is CCCCCCCC/C=C\CCCCCCCCCC(=O)OCCCCCCCCCCCCCCC/C=C\C/C=C\CCCCCCCCCCCCCCCCCCCC(=O)NC(CO)C(O)/C=C/CCCCCCCCCCCCCCCCCCCCCCCC. The summed E-state index contributed by atoms with van der Waals surface area (Å²) in [5, 5.41) is 23.3. The Bertz CT molecular complexity index is 1590. The molecule has 0 aliphatic carbocycles. The fraction of sp³-hybridized carbons (Fsp3) is 0.888. The van der Waals surface area contributed by atoms with Gasteiger partial charge in [0.05, 0.1) is 25.4 Å². The maximum Gasteiger partial charge on any atom is 0.305 e. The zero-order chi connectivity index (χ0) is 68.4. The molecule has 0 bridgehead atoms. The number of aliphatic hydroxyl groups excluding tert-OH is 2. The summed E-state index contributed by atoms with van der Waals surface area (Å²) in [7, 11) is 0. The molecule has 0 aliphatic rings. The lowest BCUT2D eigenvalue weighted by atomic mass is 10.0. The second kappa shape index (κ2) is 84.2. The summed E-state index contributed by atoms with van der Waals surface area (Å²) in [6.45, 7) is 4.95. The number of ether oxygens (including phenoxy) is 1. The smallest absolute Gasteiger partial charge is 0.305 e. The van der Waals surface area contributed by atoms with Crippen LogP contribution in [0.4, 0.5) is 0 Å². The number of allylic oxidation sites excluding steroid dienone is 7. The van der Waals surface area contributed by atoms with Gasteiger partial charge in [0.25, 0.3) is 0 Å². The Morgan fingerprint density at radius 3 is 0.811 bits per heavy atom. The summed E-state index contributed by atoms with van der Waals surface area (Å²) in [5.41, 5.74) is 0. The number of hydrogen-bond donors (Lipinski definition) is 3. The van der Waals surface area contributed by atoms with Crippen LogP contribution in [0.1, 0.15) is 483 Å². The Labute approximate surface area is 595 Å². The fourth-order valence-electron chi connectivity index (χ4n) is 13.7. The summed E-state index contributed by atoms with van der Waals surface area (Å²) >= 11 is 0. The highest BCUT2D eigenvalue weighted by Crippen LogP contribution is 2.20. The molecule has 2 unspecified atom stereocenters. The van der Waals surface area contributed by atoms with Gasteiger partial charge in [-0.25, -0.2) is 0 Å². The van der Waals surface area contributed by atoms with E-state index < -0.39 is 12.1 Å². The van der Waals surface area contributed by atoms with Gasteiger partial charge in [0, 0.05) is 12.8 Å². The molecule has 6 heteroatoms. The number of rotatable bonds is 82. The third-order valence-electron chi connectivity index (χ3n) is 20.3. The molecule has 0 aromatic rings. The molecule has 0 radical (unpaired) electrons. The van der Waals surface area contributed by atoms with Gasteiger partial charge in [-0.2, -0.15) is 0 Å². The van der Waals surface area contributed by atoms with Gasteiger partial charge in [-0.15, -0.1) is 0 Å². The van der Waals surface area contributed by atoms with Crippen LogP contribution >= 0.6 is 0 Å². The van der Waals surface area contributed by atoms with E-state index in [4.69, 9.17) is 4.74 Å². The summed E-state index contributed by atoms with van der Waals surface area (Å²) in [4.78, 5) is 24.7. The van der Waals surface area contributed by atoms with Crippen molar-refractivity contribution in [2.75, 3.05) is 13.2 Å². The molecular weight excluding hydrogens is 1160 g/mol. The van der Waals surface area contributed by atoms with E-state index in [1.807, 2.05) is 6.08 Å². The van der Waals surface area contributed by atoms with E-state index in [9.17, 15) is 19.8 Å². The van der Waals surface area contributed by atoms with Crippen LogP contribution in [0, 0.1) is 0 Å². The topological polar surface area (TPSA) is 95.9 Å². The van der Waals surface area contributed by atoms with Crippen LogP contribution < -0.4 is 5.32 Å². The molecule has 560 valence electrons. The Hall–Kier alpha value is -2.18. The first kappa shape index (κ1) is 92.8. The molecule has 1 amide bonds. The van der Waals surface area contributed by atoms with Crippen molar-refractivity contribution in [2.24, 2.45) is 0 Å². The van der Waals surface area contributed by atoms with Crippen LogP contribution in [-0.4, -0.2) is 47.4 Å². The predicted molar refractivity (Wildman–Crippen MR) is 421 cm³/mol. The van der Waals surface area contributed by atoms with Gasteiger partial charge in [0.1, 0.15) is 0 Å². The molecule has 0 aromatic heterocycles. The van der Waals surface area contributed by atoms with E-state index >= 15 is 0 Å². The second-order valence-electron chi connectivity index (χ2n) is 29.9. The van der Waals surface area contributed by atoms with Crippen LogP contribution in [0.5, 0.6) is 0 Å². The zero-order valence-corrected chi connectivity index (χ0v) is 64.4. The molecule has 0 rings (SSSR count). The summed E-state index contributed by atoms with van der Waals surface area (Å²) in [5.74, 6) is -0.0441. The first-order valence-electron chi connectivity index (χ1n) is 43.4. The number of nitrogens with one attached hydrogen (secondary N) is 1. The van der Waals surface area contributed by atoms with Crippen molar-refractivity contribution in [3.05, 3.63) is 48.6 Å². The lowest BCUT2D eigenvalue weighted by molar-refractivity contribution is -0.143. The van der Waals surface area contributed by atoms with Crippen molar-refractivity contribution in [3.8, 4) is 0 Å². The first-order chi connectivity index (χ1) is 47.0. The summed E-state index contributed by atoms with van der Waals surface area (Å²) < 4.78 is 5.51. The van der Waals surface area contributed by atoms with Gasteiger partial charge in [0.15, 0.2) is 0 Å². The molecule has 95 heavy (non-hydrogen) atoms. The minimum atomic E-state index is -0.845. The normalized spacial score (nSPS) is 12.7. The standard InChI is InChI=1S/C89H169NO5/c1-3-5-7-9-11-13-15-17-19-21-22-23-24-40-43-46-50-53-57-61-65-69-73-77-81-87(92)86(85-91)90-88(93)82-78-74-70-66-62-58-54-51-47-44-41-38-36-34-32-30-28-26-25-27-29-31-33-35-37-39-42-45-48-52-56-60-64-68-72-76-80-84-95-89(94)83-79-75-71-67-63-59-55-49-20-18-16-14-12-10-8-6-4-2/h18,20,25,27,31,33,77,81,86-87,91-92H,3-17,19,21-24,26,28-30,32,34-76,78-80,82-85H2,1-2H3,(H,90,93)/b20-18-,27-25-,33-31-,81-77+. The third-order valence-corrected chi connectivity index (χ3v) is 20.3. The van der Waals surface area contributed by atoms with Crippen molar-refractivity contribution in [1.82, 2.24) is 5.32 Å². The Morgan fingerprint density at radius 2 is 0.526 bits per heavy atom. The molecule has 0 aliphatic heterocycles. The zero-order valence-electron chi connectivity index (χ0n) is 64.4. The van der Waals surface area contributed by atoms with Crippen molar-refractivity contribution in [2.45, 2.75) is 495 Å². The van der Waals surface area contributed by atoms with Crippen LogP contribution in [-0.2, 0) is 14.3 Å². The summed E-state index contributed by atoms with van der Waals surface area (Å²) in [6, 6.07) is -0.628. The average Bonchev–Trinajstić information content (AvgIpc) is 2.97. The van der Waals surface area contributed by atoms with E-state index in [-0.39, 0.29) is 18.5 Å². The minimum Gasteiger partial charge on any atom is -0.466 e. The molecule has 0 saturated carbocycles. The molecule has 3 N–H and O–H groups in total. The predicted octanol–water partition coefficient (Wildman–Crippen LogP) is 29.1. The monoisotopic (exact) mass is 1330 g/mol. The highest BCUT2D eigenvalue weighted by atomic mass is 16.5.